The maximum absolute atomic E-state index is 12.8. The van der Waals surface area contributed by atoms with Crippen LogP contribution in [0.2, 0.25) is 0 Å². The van der Waals surface area contributed by atoms with E-state index in [0.717, 1.165) is 13.0 Å². The molecule has 2 aliphatic rings. The summed E-state index contributed by atoms with van der Waals surface area (Å²) in [4.78, 5) is 4.54. The van der Waals surface area contributed by atoms with Gasteiger partial charge in [-0.1, -0.05) is 24.3 Å². The molecule has 0 saturated heterocycles. The number of hydrogen-bond acceptors (Lipinski definition) is 4. The van der Waals surface area contributed by atoms with Crippen LogP contribution in [0.1, 0.15) is 29.5 Å². The number of rotatable bonds is 7. The molecule has 0 amide bonds. The Morgan fingerprint density at radius 2 is 1.97 bits per heavy atom. The van der Waals surface area contributed by atoms with Gasteiger partial charge in [0.15, 0.2) is 17.5 Å². The van der Waals surface area contributed by atoms with Gasteiger partial charge in [0.1, 0.15) is 5.75 Å². The van der Waals surface area contributed by atoms with Gasteiger partial charge in [0.05, 0.1) is 6.54 Å². The third kappa shape index (κ3) is 5.05. The van der Waals surface area contributed by atoms with Crippen LogP contribution in [0, 0.1) is 0 Å². The first-order valence-electron chi connectivity index (χ1n) is 9.61. The Morgan fingerprint density at radius 3 is 2.70 bits per heavy atom. The Balaban J connectivity index is 0.00000256. The van der Waals surface area contributed by atoms with E-state index in [1.165, 1.54) is 17.2 Å². The summed E-state index contributed by atoms with van der Waals surface area (Å²) in [5.74, 6) is 2.00. The summed E-state index contributed by atoms with van der Waals surface area (Å²) in [6, 6.07) is 11.5. The second kappa shape index (κ2) is 10.1. The molecule has 9 heteroatoms. The number of ether oxygens (including phenoxy) is 3. The molecule has 1 heterocycles. The average molecular weight is 531 g/mol. The number of alkyl halides is 2. The van der Waals surface area contributed by atoms with E-state index in [9.17, 15) is 8.78 Å². The third-order valence-corrected chi connectivity index (χ3v) is 5.00. The first kappa shape index (κ1) is 22.4. The largest absolute Gasteiger partial charge is 0.454 e. The molecule has 2 aromatic carbocycles. The van der Waals surface area contributed by atoms with Gasteiger partial charge in [-0.2, -0.15) is 8.78 Å². The Morgan fingerprint density at radius 1 is 1.20 bits per heavy atom. The fraction of sp³-hybridized carbons (Fsp3) is 0.381. The van der Waals surface area contributed by atoms with Gasteiger partial charge in [-0.15, -0.1) is 24.0 Å². The number of aliphatic imine (C=N–C) groups is 1. The molecule has 162 valence electrons. The van der Waals surface area contributed by atoms with Crippen molar-refractivity contribution in [2.75, 3.05) is 19.9 Å². The molecule has 1 aliphatic heterocycles. The van der Waals surface area contributed by atoms with Gasteiger partial charge in [-0.3, -0.25) is 0 Å². The number of halogens is 3. The molecule has 30 heavy (non-hydrogen) atoms. The maximum Gasteiger partial charge on any atom is 0.387 e. The highest BCUT2D eigenvalue weighted by molar-refractivity contribution is 14.0. The fourth-order valence-corrected chi connectivity index (χ4v) is 3.57. The normalized spacial score (nSPS) is 16.4. The van der Waals surface area contributed by atoms with Crippen molar-refractivity contribution >= 4 is 29.9 Å². The molecule has 0 radical (unpaired) electrons. The molecule has 4 rings (SSSR count). The topological polar surface area (TPSA) is 64.1 Å². The highest BCUT2D eigenvalue weighted by Crippen LogP contribution is 2.39. The number of hydrogen-bond donors (Lipinski definition) is 2. The summed E-state index contributed by atoms with van der Waals surface area (Å²) < 4.78 is 40.8. The van der Waals surface area contributed by atoms with Crippen LogP contribution in [0.3, 0.4) is 0 Å². The van der Waals surface area contributed by atoms with E-state index < -0.39 is 6.61 Å². The van der Waals surface area contributed by atoms with Crippen molar-refractivity contribution in [1.82, 2.24) is 10.6 Å². The lowest BCUT2D eigenvalue weighted by molar-refractivity contribution is -0.0505. The van der Waals surface area contributed by atoms with Crippen molar-refractivity contribution < 1.29 is 23.0 Å². The highest BCUT2D eigenvalue weighted by atomic mass is 127. The minimum atomic E-state index is -2.93. The van der Waals surface area contributed by atoms with Gasteiger partial charge < -0.3 is 24.8 Å². The molecular weight excluding hydrogens is 507 g/mol. The summed E-state index contributed by atoms with van der Waals surface area (Å²) in [6.07, 6.45) is 1.04. The van der Waals surface area contributed by atoms with E-state index in [2.05, 4.69) is 44.6 Å². The van der Waals surface area contributed by atoms with E-state index in [1.54, 1.807) is 6.07 Å². The monoisotopic (exact) mass is 531 g/mol. The van der Waals surface area contributed by atoms with Crippen LogP contribution in [-0.2, 0) is 13.0 Å². The standard InChI is InChI=1S/C21H23F2N3O3.HI/c1-2-24-21(25-10-14-7-13-5-3-4-6-16(13)14)26-11-15-8-18-19(28-12-27-18)9-17(15)29-20(22)23;/h3-6,8-9,14,20H,2,7,10-12H2,1H3,(H2,24,25,26);1H. The van der Waals surface area contributed by atoms with E-state index in [4.69, 9.17) is 9.47 Å². The van der Waals surface area contributed by atoms with Crippen LogP contribution in [0.4, 0.5) is 8.78 Å². The van der Waals surface area contributed by atoms with Gasteiger partial charge >= 0.3 is 6.61 Å². The first-order chi connectivity index (χ1) is 14.1. The number of guanidine groups is 1. The molecule has 1 unspecified atom stereocenters. The lowest BCUT2D eigenvalue weighted by atomic mass is 9.78. The molecule has 2 aromatic rings. The van der Waals surface area contributed by atoms with Gasteiger partial charge in [0, 0.05) is 30.6 Å². The summed E-state index contributed by atoms with van der Waals surface area (Å²) >= 11 is 0. The van der Waals surface area contributed by atoms with E-state index in [0.29, 0.717) is 35.5 Å². The number of nitrogens with one attached hydrogen (secondary N) is 2. The highest BCUT2D eigenvalue weighted by Gasteiger charge is 2.25. The van der Waals surface area contributed by atoms with Crippen LogP contribution >= 0.6 is 24.0 Å². The number of fused-ring (bicyclic) bond motifs is 2. The first-order valence-corrected chi connectivity index (χ1v) is 9.61. The predicted molar refractivity (Wildman–Crippen MR) is 120 cm³/mol. The SMILES string of the molecule is CCNC(=NCc1cc2c(cc1OC(F)F)OCO2)NCC1Cc2ccccc21.I. The third-order valence-electron chi connectivity index (χ3n) is 5.00. The predicted octanol–water partition coefficient (Wildman–Crippen LogP) is 4.03. The number of benzene rings is 2. The van der Waals surface area contributed by atoms with Gasteiger partial charge in [-0.05, 0) is 30.5 Å². The lowest BCUT2D eigenvalue weighted by Crippen LogP contribution is -2.41. The lowest BCUT2D eigenvalue weighted by Gasteiger charge is -2.30. The molecule has 0 aromatic heterocycles. The van der Waals surface area contributed by atoms with Crippen LogP contribution in [0.15, 0.2) is 41.4 Å². The zero-order valence-corrected chi connectivity index (χ0v) is 18.8. The summed E-state index contributed by atoms with van der Waals surface area (Å²) in [5.41, 5.74) is 3.25. The van der Waals surface area contributed by atoms with Gasteiger partial charge in [0.2, 0.25) is 6.79 Å². The van der Waals surface area contributed by atoms with Crippen molar-refractivity contribution in [3.63, 3.8) is 0 Å². The van der Waals surface area contributed by atoms with Crippen molar-refractivity contribution in [3.05, 3.63) is 53.1 Å². The van der Waals surface area contributed by atoms with Gasteiger partial charge in [0.25, 0.3) is 0 Å². The minimum Gasteiger partial charge on any atom is -0.454 e. The Labute approximate surface area is 191 Å². The molecule has 0 fully saturated rings. The molecule has 0 spiro atoms. The van der Waals surface area contributed by atoms with Crippen LogP contribution < -0.4 is 24.8 Å². The zero-order chi connectivity index (χ0) is 20.2. The summed E-state index contributed by atoms with van der Waals surface area (Å²) in [7, 11) is 0. The fourth-order valence-electron chi connectivity index (χ4n) is 3.57. The Kier molecular flexibility index (Phi) is 7.57. The smallest absolute Gasteiger partial charge is 0.387 e. The average Bonchev–Trinajstić information content (AvgIpc) is 3.13. The second-order valence-electron chi connectivity index (χ2n) is 6.87. The van der Waals surface area contributed by atoms with Crippen molar-refractivity contribution in [2.45, 2.75) is 32.4 Å². The van der Waals surface area contributed by atoms with Gasteiger partial charge in [-0.25, -0.2) is 4.99 Å². The minimum absolute atomic E-state index is 0. The Hall–Kier alpha value is -2.30. The van der Waals surface area contributed by atoms with E-state index in [-0.39, 0.29) is 43.1 Å². The molecule has 1 atom stereocenters. The Bertz CT molecular complexity index is 911. The number of nitrogens with zero attached hydrogens (tertiary/aromatic N) is 1. The van der Waals surface area contributed by atoms with Crippen LogP contribution in [0.5, 0.6) is 17.2 Å². The van der Waals surface area contributed by atoms with Crippen LogP contribution in [0.25, 0.3) is 0 Å². The summed E-state index contributed by atoms with van der Waals surface area (Å²) in [5, 5.41) is 6.53. The maximum atomic E-state index is 12.8. The molecular formula is C21H24F2IN3O3. The van der Waals surface area contributed by atoms with Crippen molar-refractivity contribution in [2.24, 2.45) is 4.99 Å². The van der Waals surface area contributed by atoms with Crippen molar-refractivity contribution in [3.8, 4) is 17.2 Å². The molecule has 1 aliphatic carbocycles. The van der Waals surface area contributed by atoms with Crippen LogP contribution in [-0.4, -0.2) is 32.5 Å². The molecule has 2 N–H and O–H groups in total. The van der Waals surface area contributed by atoms with Crippen molar-refractivity contribution in [1.29, 1.82) is 0 Å². The van der Waals surface area contributed by atoms with E-state index >= 15 is 0 Å². The zero-order valence-electron chi connectivity index (χ0n) is 16.5. The van der Waals surface area contributed by atoms with E-state index in [1.807, 2.05) is 6.92 Å². The second-order valence-corrected chi connectivity index (χ2v) is 6.87. The summed E-state index contributed by atoms with van der Waals surface area (Å²) in [6.45, 7) is 0.711. The molecule has 6 nitrogen and oxygen atoms in total. The molecule has 0 bridgehead atoms. The molecule has 0 saturated carbocycles. The quantitative estimate of drug-likeness (QED) is 0.321.